The summed E-state index contributed by atoms with van der Waals surface area (Å²) in [6, 6.07) is 0. The highest BCUT2D eigenvalue weighted by molar-refractivity contribution is 5.56. The van der Waals surface area contributed by atoms with Crippen LogP contribution in [0.3, 0.4) is 0 Å². The van der Waals surface area contributed by atoms with Crippen LogP contribution in [0.15, 0.2) is 0 Å². The fraction of sp³-hybridized carbons (Fsp3) is 0.800. The number of hydrogen-bond donors (Lipinski definition) is 1. The SMILES string of the molecule is CCOC(C=O)CN. The summed E-state index contributed by atoms with van der Waals surface area (Å²) in [5, 5.41) is 0. The van der Waals surface area contributed by atoms with E-state index >= 15 is 0 Å². The minimum atomic E-state index is -0.403. The van der Waals surface area contributed by atoms with E-state index in [1.165, 1.54) is 0 Å². The highest BCUT2D eigenvalue weighted by Crippen LogP contribution is 1.81. The summed E-state index contributed by atoms with van der Waals surface area (Å²) >= 11 is 0. The van der Waals surface area contributed by atoms with Crippen LogP contribution in [0.1, 0.15) is 6.92 Å². The van der Waals surface area contributed by atoms with Crippen molar-refractivity contribution in [2.45, 2.75) is 13.0 Å². The zero-order valence-electron chi connectivity index (χ0n) is 4.96. The third-order valence-corrected chi connectivity index (χ3v) is 0.765. The van der Waals surface area contributed by atoms with Crippen LogP contribution in [0.25, 0.3) is 0 Å². The van der Waals surface area contributed by atoms with Gasteiger partial charge < -0.3 is 15.3 Å². The number of ether oxygens (including phenoxy) is 1. The number of hydrogen-bond acceptors (Lipinski definition) is 3. The first kappa shape index (κ1) is 7.59. The number of carbonyl (C=O) groups excluding carboxylic acids is 1. The minimum Gasteiger partial charge on any atom is -0.370 e. The van der Waals surface area contributed by atoms with E-state index in [0.29, 0.717) is 12.9 Å². The standard InChI is InChI=1S/C5H11NO2/c1-2-8-5(3-6)4-7/h4-5H,2-3,6H2,1H3. The first-order valence-corrected chi connectivity index (χ1v) is 2.62. The quantitative estimate of drug-likeness (QED) is 0.507. The summed E-state index contributed by atoms with van der Waals surface area (Å²) in [6.45, 7) is 2.64. The average molecular weight is 117 g/mol. The molecule has 0 radical (unpaired) electrons. The molecule has 0 saturated heterocycles. The lowest BCUT2D eigenvalue weighted by molar-refractivity contribution is -0.117. The third kappa shape index (κ3) is 2.71. The zero-order valence-corrected chi connectivity index (χ0v) is 4.96. The predicted octanol–water partition coefficient (Wildman–Crippen LogP) is -0.451. The van der Waals surface area contributed by atoms with E-state index in [-0.39, 0.29) is 6.54 Å². The van der Waals surface area contributed by atoms with Crippen LogP contribution in [0, 0.1) is 0 Å². The van der Waals surface area contributed by atoms with E-state index in [4.69, 9.17) is 10.5 Å². The highest BCUT2D eigenvalue weighted by atomic mass is 16.5. The van der Waals surface area contributed by atoms with Crippen molar-refractivity contribution in [3.8, 4) is 0 Å². The largest absolute Gasteiger partial charge is 0.370 e. The van der Waals surface area contributed by atoms with Crippen molar-refractivity contribution in [3.63, 3.8) is 0 Å². The summed E-state index contributed by atoms with van der Waals surface area (Å²) in [5.41, 5.74) is 5.11. The highest BCUT2D eigenvalue weighted by Gasteiger charge is 1.99. The lowest BCUT2D eigenvalue weighted by atomic mass is 10.4. The molecule has 0 aliphatic heterocycles. The predicted molar refractivity (Wildman–Crippen MR) is 30.5 cm³/mol. The van der Waals surface area contributed by atoms with Crippen LogP contribution in [0.2, 0.25) is 0 Å². The maximum Gasteiger partial charge on any atom is 0.150 e. The van der Waals surface area contributed by atoms with Gasteiger partial charge >= 0.3 is 0 Å². The van der Waals surface area contributed by atoms with Crippen LogP contribution in [-0.4, -0.2) is 25.5 Å². The molecule has 2 N–H and O–H groups in total. The molecule has 0 aromatic heterocycles. The molecular weight excluding hydrogens is 106 g/mol. The first-order chi connectivity index (χ1) is 3.85. The molecule has 0 fully saturated rings. The van der Waals surface area contributed by atoms with Crippen molar-refractivity contribution in [3.05, 3.63) is 0 Å². The molecule has 0 spiro atoms. The Balaban J connectivity index is 3.21. The van der Waals surface area contributed by atoms with Gasteiger partial charge in [0.2, 0.25) is 0 Å². The maximum atomic E-state index is 9.92. The summed E-state index contributed by atoms with van der Waals surface area (Å²) in [6.07, 6.45) is 0.309. The molecule has 0 heterocycles. The fourth-order valence-electron chi connectivity index (χ4n) is 0.377. The number of carbonyl (C=O) groups is 1. The second-order valence-corrected chi connectivity index (χ2v) is 1.37. The molecule has 0 aromatic carbocycles. The molecule has 8 heavy (non-hydrogen) atoms. The molecule has 0 amide bonds. The number of rotatable bonds is 4. The van der Waals surface area contributed by atoms with E-state index < -0.39 is 6.10 Å². The molecule has 1 unspecified atom stereocenters. The van der Waals surface area contributed by atoms with Crippen LogP contribution in [-0.2, 0) is 9.53 Å². The van der Waals surface area contributed by atoms with Crippen LogP contribution >= 0.6 is 0 Å². The molecule has 0 aliphatic carbocycles. The Kier molecular flexibility index (Phi) is 4.50. The van der Waals surface area contributed by atoms with E-state index in [9.17, 15) is 4.79 Å². The van der Waals surface area contributed by atoms with Crippen molar-refractivity contribution in [1.29, 1.82) is 0 Å². The smallest absolute Gasteiger partial charge is 0.150 e. The van der Waals surface area contributed by atoms with Gasteiger partial charge in [0.1, 0.15) is 12.4 Å². The van der Waals surface area contributed by atoms with Gasteiger partial charge in [-0.05, 0) is 6.92 Å². The fourth-order valence-corrected chi connectivity index (χ4v) is 0.377. The van der Waals surface area contributed by atoms with Gasteiger partial charge in [-0.1, -0.05) is 0 Å². The van der Waals surface area contributed by atoms with Gasteiger partial charge in [-0.3, -0.25) is 0 Å². The summed E-state index contributed by atoms with van der Waals surface area (Å²) < 4.78 is 4.85. The Morgan fingerprint density at radius 2 is 2.50 bits per heavy atom. The van der Waals surface area contributed by atoms with Crippen LogP contribution < -0.4 is 5.73 Å². The Labute approximate surface area is 48.8 Å². The van der Waals surface area contributed by atoms with Gasteiger partial charge in [-0.15, -0.1) is 0 Å². The second kappa shape index (κ2) is 4.74. The Morgan fingerprint density at radius 3 is 2.62 bits per heavy atom. The normalized spacial score (nSPS) is 13.2. The zero-order chi connectivity index (χ0) is 6.41. The second-order valence-electron chi connectivity index (χ2n) is 1.37. The number of nitrogens with two attached hydrogens (primary N) is 1. The summed E-state index contributed by atoms with van der Waals surface area (Å²) in [5.74, 6) is 0. The topological polar surface area (TPSA) is 52.3 Å². The lowest BCUT2D eigenvalue weighted by Crippen LogP contribution is -2.24. The van der Waals surface area contributed by atoms with Crippen molar-refractivity contribution in [1.82, 2.24) is 0 Å². The Morgan fingerprint density at radius 1 is 1.88 bits per heavy atom. The molecule has 1 atom stereocenters. The van der Waals surface area contributed by atoms with E-state index in [1.54, 1.807) is 0 Å². The molecule has 0 aromatic rings. The van der Waals surface area contributed by atoms with Crippen molar-refractivity contribution in [2.75, 3.05) is 13.2 Å². The van der Waals surface area contributed by atoms with Gasteiger partial charge in [-0.2, -0.15) is 0 Å². The minimum absolute atomic E-state index is 0.275. The summed E-state index contributed by atoms with van der Waals surface area (Å²) in [7, 11) is 0. The Bertz CT molecular complexity index is 65.4. The molecular formula is C5H11NO2. The van der Waals surface area contributed by atoms with E-state index in [2.05, 4.69) is 0 Å². The molecule has 0 saturated carbocycles. The van der Waals surface area contributed by atoms with E-state index in [0.717, 1.165) is 0 Å². The monoisotopic (exact) mass is 117 g/mol. The van der Waals surface area contributed by atoms with Gasteiger partial charge in [0, 0.05) is 13.2 Å². The third-order valence-electron chi connectivity index (χ3n) is 0.765. The van der Waals surface area contributed by atoms with Crippen LogP contribution in [0.4, 0.5) is 0 Å². The lowest BCUT2D eigenvalue weighted by Gasteiger charge is -2.04. The molecule has 3 nitrogen and oxygen atoms in total. The van der Waals surface area contributed by atoms with Gasteiger partial charge in [0.25, 0.3) is 0 Å². The van der Waals surface area contributed by atoms with Gasteiger partial charge in [0.05, 0.1) is 0 Å². The molecule has 3 heteroatoms. The molecule has 0 aliphatic rings. The van der Waals surface area contributed by atoms with Crippen molar-refractivity contribution >= 4 is 6.29 Å². The molecule has 0 bridgehead atoms. The maximum absolute atomic E-state index is 9.92. The van der Waals surface area contributed by atoms with Crippen LogP contribution in [0.5, 0.6) is 0 Å². The van der Waals surface area contributed by atoms with Gasteiger partial charge in [0.15, 0.2) is 0 Å². The molecule has 48 valence electrons. The van der Waals surface area contributed by atoms with Gasteiger partial charge in [-0.25, -0.2) is 0 Å². The number of aldehydes is 1. The summed E-state index contributed by atoms with van der Waals surface area (Å²) in [4.78, 5) is 9.92. The van der Waals surface area contributed by atoms with Crippen molar-refractivity contribution < 1.29 is 9.53 Å². The van der Waals surface area contributed by atoms with Crippen molar-refractivity contribution in [2.24, 2.45) is 5.73 Å². The average Bonchev–Trinajstić information content (AvgIpc) is 1.83. The van der Waals surface area contributed by atoms with E-state index in [1.807, 2.05) is 6.92 Å². The molecule has 0 rings (SSSR count). The Hall–Kier alpha value is -0.410. The first-order valence-electron chi connectivity index (χ1n) is 2.62.